The summed E-state index contributed by atoms with van der Waals surface area (Å²) >= 11 is 0. The SMILES string of the molecule is CC/C=C\C/C=C\C/C=C\C/C=C\CCCCCCCCCCCCC(=O)OCC(COC(=O)CCCCCCC/C=C\C/C=C\CCC)OC(=O)CCCCCCCCCCC/C=C\CCCCCCCCCC. The van der Waals surface area contributed by atoms with Crippen molar-refractivity contribution in [2.24, 2.45) is 0 Å². The Bertz CT molecular complexity index is 1430. The highest BCUT2D eigenvalue weighted by atomic mass is 16.6. The first-order valence-electron chi connectivity index (χ1n) is 32.1. The largest absolute Gasteiger partial charge is 0.462 e. The van der Waals surface area contributed by atoms with Crippen LogP contribution < -0.4 is 0 Å². The van der Waals surface area contributed by atoms with Gasteiger partial charge in [0.15, 0.2) is 6.10 Å². The number of rotatable bonds is 58. The number of carbonyl (C=O) groups is 3. The molecule has 0 aromatic heterocycles. The molecule has 0 rings (SSSR count). The Morgan fingerprint density at radius 3 is 0.880 bits per heavy atom. The van der Waals surface area contributed by atoms with Gasteiger partial charge in [0, 0.05) is 19.3 Å². The third kappa shape index (κ3) is 61.3. The van der Waals surface area contributed by atoms with Gasteiger partial charge >= 0.3 is 17.9 Å². The lowest BCUT2D eigenvalue weighted by Crippen LogP contribution is -2.30. The molecule has 0 radical (unpaired) electrons. The fourth-order valence-corrected chi connectivity index (χ4v) is 9.06. The van der Waals surface area contributed by atoms with Crippen LogP contribution in [-0.4, -0.2) is 37.2 Å². The van der Waals surface area contributed by atoms with Crippen LogP contribution in [0.1, 0.15) is 316 Å². The molecule has 0 bridgehead atoms. The lowest BCUT2D eigenvalue weighted by atomic mass is 10.0. The Morgan fingerprint density at radius 2 is 0.547 bits per heavy atom. The number of hydrogen-bond acceptors (Lipinski definition) is 6. The zero-order valence-corrected chi connectivity index (χ0v) is 49.6. The second-order valence-corrected chi connectivity index (χ2v) is 21.3. The summed E-state index contributed by atoms with van der Waals surface area (Å²) in [5.41, 5.74) is 0. The van der Waals surface area contributed by atoms with E-state index in [-0.39, 0.29) is 31.1 Å². The van der Waals surface area contributed by atoms with Crippen molar-refractivity contribution in [3.05, 3.63) is 85.1 Å². The average Bonchev–Trinajstić information content (AvgIpc) is 3.41. The highest BCUT2D eigenvalue weighted by molar-refractivity contribution is 5.71. The van der Waals surface area contributed by atoms with Crippen LogP contribution in [0.15, 0.2) is 85.1 Å². The maximum atomic E-state index is 12.9. The summed E-state index contributed by atoms with van der Waals surface area (Å²) < 4.78 is 16.9. The van der Waals surface area contributed by atoms with Crippen molar-refractivity contribution in [1.82, 2.24) is 0 Å². The lowest BCUT2D eigenvalue weighted by molar-refractivity contribution is -0.167. The van der Waals surface area contributed by atoms with Crippen molar-refractivity contribution < 1.29 is 28.6 Å². The molecule has 0 fully saturated rings. The lowest BCUT2D eigenvalue weighted by Gasteiger charge is -2.18. The molecule has 0 amide bonds. The van der Waals surface area contributed by atoms with Gasteiger partial charge in [-0.1, -0.05) is 273 Å². The summed E-state index contributed by atoms with van der Waals surface area (Å²) in [5, 5.41) is 0. The fourth-order valence-electron chi connectivity index (χ4n) is 9.06. The number of allylic oxidation sites excluding steroid dienone is 14. The van der Waals surface area contributed by atoms with E-state index in [9.17, 15) is 14.4 Å². The number of carbonyl (C=O) groups excluding carboxylic acids is 3. The average molecular weight is 1050 g/mol. The monoisotopic (exact) mass is 1040 g/mol. The van der Waals surface area contributed by atoms with E-state index in [0.717, 1.165) is 109 Å². The summed E-state index contributed by atoms with van der Waals surface area (Å²) in [4.78, 5) is 38.3. The molecule has 75 heavy (non-hydrogen) atoms. The number of ether oxygens (including phenoxy) is 3. The zero-order valence-electron chi connectivity index (χ0n) is 49.6. The second-order valence-electron chi connectivity index (χ2n) is 21.3. The van der Waals surface area contributed by atoms with Crippen LogP contribution in [0.3, 0.4) is 0 Å². The smallest absolute Gasteiger partial charge is 0.306 e. The summed E-state index contributed by atoms with van der Waals surface area (Å²) in [6, 6.07) is 0. The Hall–Kier alpha value is -3.41. The van der Waals surface area contributed by atoms with E-state index in [0.29, 0.717) is 19.3 Å². The molecule has 0 N–H and O–H groups in total. The molecular formula is C69H120O6. The van der Waals surface area contributed by atoms with Gasteiger partial charge in [-0.25, -0.2) is 0 Å². The summed E-state index contributed by atoms with van der Waals surface area (Å²) in [6.45, 7) is 6.48. The number of esters is 3. The van der Waals surface area contributed by atoms with E-state index in [1.165, 1.54) is 167 Å². The first-order valence-corrected chi connectivity index (χ1v) is 32.1. The molecule has 0 aromatic carbocycles. The minimum Gasteiger partial charge on any atom is -0.462 e. The Morgan fingerprint density at radius 1 is 0.280 bits per heavy atom. The van der Waals surface area contributed by atoms with Gasteiger partial charge in [0.1, 0.15) is 13.2 Å². The second kappa shape index (κ2) is 63.1. The van der Waals surface area contributed by atoms with Crippen molar-refractivity contribution in [2.45, 2.75) is 322 Å². The molecule has 0 saturated heterocycles. The maximum Gasteiger partial charge on any atom is 0.306 e. The molecule has 0 aliphatic heterocycles. The van der Waals surface area contributed by atoms with E-state index >= 15 is 0 Å². The molecular weight excluding hydrogens is 925 g/mol. The fraction of sp³-hybridized carbons (Fsp3) is 0.754. The Balaban J connectivity index is 4.33. The predicted octanol–water partition coefficient (Wildman–Crippen LogP) is 21.9. The number of unbranched alkanes of at least 4 members (excludes halogenated alkanes) is 33. The Labute approximate surface area is 465 Å². The van der Waals surface area contributed by atoms with Crippen molar-refractivity contribution in [1.29, 1.82) is 0 Å². The minimum absolute atomic E-state index is 0.0830. The quantitative estimate of drug-likeness (QED) is 0.0261. The van der Waals surface area contributed by atoms with E-state index in [1.54, 1.807) is 0 Å². The van der Waals surface area contributed by atoms with E-state index in [4.69, 9.17) is 14.2 Å². The highest BCUT2D eigenvalue weighted by Crippen LogP contribution is 2.16. The molecule has 0 saturated carbocycles. The molecule has 6 heteroatoms. The van der Waals surface area contributed by atoms with Crippen molar-refractivity contribution in [3.8, 4) is 0 Å². The molecule has 0 spiro atoms. The van der Waals surface area contributed by atoms with Gasteiger partial charge in [-0.2, -0.15) is 0 Å². The molecule has 0 aliphatic carbocycles. The zero-order chi connectivity index (χ0) is 54.3. The summed E-state index contributed by atoms with van der Waals surface area (Å²) in [7, 11) is 0. The minimum atomic E-state index is -0.786. The van der Waals surface area contributed by atoms with Gasteiger partial charge in [-0.05, 0) is 109 Å². The van der Waals surface area contributed by atoms with Crippen molar-refractivity contribution in [2.75, 3.05) is 13.2 Å². The molecule has 432 valence electrons. The van der Waals surface area contributed by atoms with Crippen LogP contribution in [0.4, 0.5) is 0 Å². The third-order valence-electron chi connectivity index (χ3n) is 13.8. The Kier molecular flexibility index (Phi) is 60.3. The molecule has 6 nitrogen and oxygen atoms in total. The van der Waals surface area contributed by atoms with Gasteiger partial charge in [0.25, 0.3) is 0 Å². The molecule has 1 unspecified atom stereocenters. The van der Waals surface area contributed by atoms with Gasteiger partial charge in [-0.15, -0.1) is 0 Å². The van der Waals surface area contributed by atoms with Crippen LogP contribution >= 0.6 is 0 Å². The topological polar surface area (TPSA) is 78.9 Å². The first-order chi connectivity index (χ1) is 37.0. The maximum absolute atomic E-state index is 12.9. The third-order valence-corrected chi connectivity index (χ3v) is 13.8. The standard InChI is InChI=1S/C69H120O6/c1-4-7-10-13-16-19-22-25-27-29-31-33-34-36-37-39-41-44-47-50-53-56-59-62-68(71)74-65-66(64-73-67(70)61-58-55-52-49-46-43-24-21-18-15-12-9-6-3)75-69(72)63-60-57-54-51-48-45-42-40-38-35-32-30-28-26-23-20-17-14-11-8-5-2/h7,10,12,15-16,19,21,24-25,27,30-33,66H,4-6,8-9,11,13-14,17-18,20,22-23,26,28-29,34-65H2,1-3H3/b10-7-,15-12-,19-16-,24-21-,27-25-,32-30-,33-31-. The van der Waals surface area contributed by atoms with Gasteiger partial charge in [0.05, 0.1) is 0 Å². The summed E-state index contributed by atoms with van der Waals surface area (Å²) in [5.74, 6) is -0.892. The van der Waals surface area contributed by atoms with Crippen LogP contribution in [0.25, 0.3) is 0 Å². The van der Waals surface area contributed by atoms with Gasteiger partial charge in [0.2, 0.25) is 0 Å². The highest BCUT2D eigenvalue weighted by Gasteiger charge is 2.19. The van der Waals surface area contributed by atoms with Crippen molar-refractivity contribution in [3.63, 3.8) is 0 Å². The molecule has 0 aliphatic rings. The van der Waals surface area contributed by atoms with Crippen LogP contribution in [0.2, 0.25) is 0 Å². The first kappa shape index (κ1) is 71.6. The number of hydrogen-bond donors (Lipinski definition) is 0. The van der Waals surface area contributed by atoms with Crippen LogP contribution in [0, 0.1) is 0 Å². The normalized spacial score (nSPS) is 12.6. The molecule has 1 atom stereocenters. The van der Waals surface area contributed by atoms with Gasteiger partial charge in [-0.3, -0.25) is 14.4 Å². The van der Waals surface area contributed by atoms with E-state index in [1.807, 2.05) is 0 Å². The predicted molar refractivity (Wildman–Crippen MR) is 325 cm³/mol. The van der Waals surface area contributed by atoms with E-state index < -0.39 is 6.10 Å². The summed E-state index contributed by atoms with van der Waals surface area (Å²) in [6.07, 6.45) is 83.0. The molecule has 0 aromatic rings. The van der Waals surface area contributed by atoms with Crippen molar-refractivity contribution >= 4 is 17.9 Å². The van der Waals surface area contributed by atoms with Gasteiger partial charge < -0.3 is 14.2 Å². The van der Waals surface area contributed by atoms with E-state index in [2.05, 4.69) is 106 Å². The van der Waals surface area contributed by atoms with Crippen LogP contribution in [-0.2, 0) is 28.6 Å². The van der Waals surface area contributed by atoms with Crippen LogP contribution in [0.5, 0.6) is 0 Å². The molecule has 0 heterocycles.